The maximum absolute atomic E-state index is 5.66. The molecule has 0 aromatic rings. The van der Waals surface area contributed by atoms with E-state index in [1.807, 2.05) is 0 Å². The van der Waals surface area contributed by atoms with Crippen LogP contribution in [0.25, 0.3) is 0 Å². The standard InChI is InChI=1S/C15H30N2O/c1-5-13-10-18-7-6-17(13)15-12(3)8-11(2)9-14(15)16-4/h11-16H,5-10H2,1-4H3. The van der Waals surface area contributed by atoms with E-state index in [0.29, 0.717) is 18.1 Å². The Morgan fingerprint density at radius 3 is 2.72 bits per heavy atom. The number of ether oxygens (including phenoxy) is 1. The summed E-state index contributed by atoms with van der Waals surface area (Å²) < 4.78 is 5.66. The maximum atomic E-state index is 5.66. The summed E-state index contributed by atoms with van der Waals surface area (Å²) in [5.74, 6) is 1.65. The summed E-state index contributed by atoms with van der Waals surface area (Å²) in [6.07, 6.45) is 3.89. The third-order valence-electron chi connectivity index (χ3n) is 4.92. The van der Waals surface area contributed by atoms with Crippen molar-refractivity contribution >= 4 is 0 Å². The SMILES string of the molecule is CCC1COCCN1C1C(C)CC(C)CC1NC. The lowest BCUT2D eigenvalue weighted by Gasteiger charge is -2.50. The summed E-state index contributed by atoms with van der Waals surface area (Å²) in [6, 6.07) is 1.96. The van der Waals surface area contributed by atoms with Crippen molar-refractivity contribution in [2.75, 3.05) is 26.8 Å². The number of nitrogens with one attached hydrogen (secondary N) is 1. The van der Waals surface area contributed by atoms with E-state index in [-0.39, 0.29) is 0 Å². The number of hydrogen-bond donors (Lipinski definition) is 1. The quantitative estimate of drug-likeness (QED) is 0.835. The third kappa shape index (κ3) is 2.89. The van der Waals surface area contributed by atoms with Crippen LogP contribution in [0.4, 0.5) is 0 Å². The van der Waals surface area contributed by atoms with E-state index in [1.165, 1.54) is 19.3 Å². The lowest BCUT2D eigenvalue weighted by molar-refractivity contribution is -0.0606. The molecule has 1 saturated carbocycles. The molecule has 1 saturated heterocycles. The van der Waals surface area contributed by atoms with Gasteiger partial charge in [-0.05, 0) is 38.1 Å². The first kappa shape index (κ1) is 14.3. The van der Waals surface area contributed by atoms with Crippen molar-refractivity contribution < 1.29 is 4.74 Å². The molecule has 0 aromatic carbocycles. The third-order valence-corrected chi connectivity index (χ3v) is 4.92. The topological polar surface area (TPSA) is 24.5 Å². The van der Waals surface area contributed by atoms with Crippen LogP contribution in [-0.2, 0) is 4.74 Å². The fourth-order valence-electron chi connectivity index (χ4n) is 4.10. The molecule has 0 aromatic heterocycles. The van der Waals surface area contributed by atoms with Crippen molar-refractivity contribution in [1.82, 2.24) is 10.2 Å². The number of morpholine rings is 1. The van der Waals surface area contributed by atoms with Gasteiger partial charge in [0.2, 0.25) is 0 Å². The van der Waals surface area contributed by atoms with Crippen LogP contribution >= 0.6 is 0 Å². The van der Waals surface area contributed by atoms with Crippen LogP contribution in [0.1, 0.15) is 40.0 Å². The van der Waals surface area contributed by atoms with Crippen LogP contribution in [0, 0.1) is 11.8 Å². The molecule has 3 heteroatoms. The van der Waals surface area contributed by atoms with Crippen LogP contribution in [0.3, 0.4) is 0 Å². The normalized spacial score (nSPS) is 43.0. The first-order chi connectivity index (χ1) is 8.67. The molecule has 106 valence electrons. The Morgan fingerprint density at radius 1 is 1.28 bits per heavy atom. The van der Waals surface area contributed by atoms with Gasteiger partial charge in [0.1, 0.15) is 0 Å². The van der Waals surface area contributed by atoms with Crippen molar-refractivity contribution in [1.29, 1.82) is 0 Å². The second-order valence-electron chi connectivity index (χ2n) is 6.31. The van der Waals surface area contributed by atoms with Crippen LogP contribution in [0.5, 0.6) is 0 Å². The van der Waals surface area contributed by atoms with E-state index in [0.717, 1.165) is 31.6 Å². The van der Waals surface area contributed by atoms with Gasteiger partial charge in [-0.3, -0.25) is 4.90 Å². The molecular formula is C15H30N2O. The predicted molar refractivity (Wildman–Crippen MR) is 75.8 cm³/mol. The molecular weight excluding hydrogens is 224 g/mol. The summed E-state index contributed by atoms with van der Waals surface area (Å²) in [5, 5.41) is 3.57. The molecule has 18 heavy (non-hydrogen) atoms. The zero-order chi connectivity index (χ0) is 13.1. The summed E-state index contributed by atoms with van der Waals surface area (Å²) >= 11 is 0. The Kier molecular flexibility index (Phi) is 5.05. The van der Waals surface area contributed by atoms with E-state index < -0.39 is 0 Å². The number of rotatable bonds is 3. The van der Waals surface area contributed by atoms with Crippen molar-refractivity contribution in [3.05, 3.63) is 0 Å². The zero-order valence-corrected chi connectivity index (χ0v) is 12.5. The van der Waals surface area contributed by atoms with Gasteiger partial charge < -0.3 is 10.1 Å². The summed E-state index contributed by atoms with van der Waals surface area (Å²) in [7, 11) is 2.13. The van der Waals surface area contributed by atoms with Crippen molar-refractivity contribution in [2.45, 2.75) is 58.2 Å². The molecule has 5 atom stereocenters. The Morgan fingerprint density at radius 2 is 2.06 bits per heavy atom. The molecule has 2 rings (SSSR count). The largest absolute Gasteiger partial charge is 0.378 e. The Labute approximate surface area is 112 Å². The van der Waals surface area contributed by atoms with E-state index in [2.05, 4.69) is 38.0 Å². The second kappa shape index (κ2) is 6.36. The molecule has 2 aliphatic rings. The average Bonchev–Trinajstić information content (AvgIpc) is 2.38. The fraction of sp³-hybridized carbons (Fsp3) is 1.00. The smallest absolute Gasteiger partial charge is 0.0622 e. The highest BCUT2D eigenvalue weighted by molar-refractivity contribution is 4.96. The van der Waals surface area contributed by atoms with E-state index in [1.54, 1.807) is 0 Å². The highest BCUT2D eigenvalue weighted by Crippen LogP contribution is 2.34. The van der Waals surface area contributed by atoms with Gasteiger partial charge in [0.25, 0.3) is 0 Å². The van der Waals surface area contributed by atoms with Crippen LogP contribution in [-0.4, -0.2) is 49.8 Å². The number of nitrogens with zero attached hydrogens (tertiary/aromatic N) is 1. The molecule has 2 fully saturated rings. The van der Waals surface area contributed by atoms with Gasteiger partial charge >= 0.3 is 0 Å². The van der Waals surface area contributed by atoms with E-state index >= 15 is 0 Å². The Balaban J connectivity index is 2.11. The van der Waals surface area contributed by atoms with Gasteiger partial charge in [-0.2, -0.15) is 0 Å². The highest BCUT2D eigenvalue weighted by atomic mass is 16.5. The van der Waals surface area contributed by atoms with Crippen LogP contribution in [0.2, 0.25) is 0 Å². The zero-order valence-electron chi connectivity index (χ0n) is 12.5. The number of likely N-dealkylation sites (N-methyl/N-ethyl adjacent to an activating group) is 1. The van der Waals surface area contributed by atoms with Gasteiger partial charge in [0.05, 0.1) is 13.2 Å². The van der Waals surface area contributed by atoms with Crippen molar-refractivity contribution in [3.8, 4) is 0 Å². The molecule has 0 amide bonds. The van der Waals surface area contributed by atoms with Gasteiger partial charge in [-0.25, -0.2) is 0 Å². The molecule has 5 unspecified atom stereocenters. The minimum Gasteiger partial charge on any atom is -0.378 e. The average molecular weight is 254 g/mol. The van der Waals surface area contributed by atoms with E-state index in [4.69, 9.17) is 4.74 Å². The molecule has 3 nitrogen and oxygen atoms in total. The maximum Gasteiger partial charge on any atom is 0.0622 e. The van der Waals surface area contributed by atoms with Gasteiger partial charge in [0.15, 0.2) is 0 Å². The second-order valence-corrected chi connectivity index (χ2v) is 6.31. The van der Waals surface area contributed by atoms with Crippen molar-refractivity contribution in [3.63, 3.8) is 0 Å². The van der Waals surface area contributed by atoms with Crippen LogP contribution < -0.4 is 5.32 Å². The minimum absolute atomic E-state index is 0.621. The monoisotopic (exact) mass is 254 g/mol. The molecule has 1 heterocycles. The fourth-order valence-corrected chi connectivity index (χ4v) is 4.10. The van der Waals surface area contributed by atoms with Gasteiger partial charge in [0, 0.05) is 24.7 Å². The predicted octanol–water partition coefficient (Wildman–Crippen LogP) is 2.12. The Hall–Kier alpha value is -0.120. The molecule has 1 N–H and O–H groups in total. The molecule has 1 aliphatic carbocycles. The van der Waals surface area contributed by atoms with Gasteiger partial charge in [-0.15, -0.1) is 0 Å². The van der Waals surface area contributed by atoms with Crippen molar-refractivity contribution in [2.24, 2.45) is 11.8 Å². The first-order valence-corrected chi connectivity index (χ1v) is 7.68. The summed E-state index contributed by atoms with van der Waals surface area (Å²) in [4.78, 5) is 2.74. The molecule has 1 aliphatic heterocycles. The molecule has 0 radical (unpaired) electrons. The van der Waals surface area contributed by atoms with Crippen LogP contribution in [0.15, 0.2) is 0 Å². The Bertz CT molecular complexity index is 259. The number of hydrogen-bond acceptors (Lipinski definition) is 3. The summed E-state index contributed by atoms with van der Waals surface area (Å²) in [5.41, 5.74) is 0. The minimum atomic E-state index is 0.621. The highest BCUT2D eigenvalue weighted by Gasteiger charge is 2.40. The van der Waals surface area contributed by atoms with Gasteiger partial charge in [-0.1, -0.05) is 20.8 Å². The first-order valence-electron chi connectivity index (χ1n) is 7.68. The molecule has 0 bridgehead atoms. The lowest BCUT2D eigenvalue weighted by atomic mass is 9.75. The lowest BCUT2D eigenvalue weighted by Crippen LogP contribution is -2.61. The van der Waals surface area contributed by atoms with E-state index in [9.17, 15) is 0 Å². The molecule has 0 spiro atoms. The summed E-state index contributed by atoms with van der Waals surface area (Å²) in [6.45, 7) is 10.1.